The minimum Gasteiger partial charge on any atom is -0.459 e. The number of amides is 1. The van der Waals surface area contributed by atoms with Crippen molar-refractivity contribution < 1.29 is 9.21 Å². The van der Waals surface area contributed by atoms with E-state index in [1.54, 1.807) is 24.3 Å². The molecule has 2 aromatic heterocycles. The lowest BCUT2D eigenvalue weighted by Crippen LogP contribution is -2.13. The van der Waals surface area contributed by atoms with E-state index in [2.05, 4.69) is 27.8 Å². The number of unbranched alkanes of at least 4 members (excludes halogenated alkanes) is 1. The van der Waals surface area contributed by atoms with Gasteiger partial charge in [-0.1, -0.05) is 13.3 Å². The number of furan rings is 1. The molecule has 0 aliphatic carbocycles. The fourth-order valence-corrected chi connectivity index (χ4v) is 1.47. The topological polar surface area (TPSA) is 80.0 Å². The number of nitrogens with zero attached hydrogens (tertiary/aromatic N) is 2. The molecule has 0 fully saturated rings. The quantitative estimate of drug-likeness (QED) is 0.780. The van der Waals surface area contributed by atoms with Crippen LogP contribution in [0.5, 0.6) is 0 Å². The summed E-state index contributed by atoms with van der Waals surface area (Å²) >= 11 is 0. The molecule has 100 valence electrons. The van der Waals surface area contributed by atoms with Gasteiger partial charge in [0.15, 0.2) is 11.6 Å². The summed E-state index contributed by atoms with van der Waals surface area (Å²) in [4.78, 5) is 11.7. The van der Waals surface area contributed by atoms with E-state index >= 15 is 0 Å². The van der Waals surface area contributed by atoms with Gasteiger partial charge in [0.05, 0.1) is 6.26 Å². The molecule has 0 atom stereocenters. The second-order valence-corrected chi connectivity index (χ2v) is 4.02. The largest absolute Gasteiger partial charge is 0.459 e. The fourth-order valence-electron chi connectivity index (χ4n) is 1.47. The van der Waals surface area contributed by atoms with Crippen LogP contribution in [0.15, 0.2) is 34.9 Å². The Morgan fingerprint density at radius 3 is 2.68 bits per heavy atom. The van der Waals surface area contributed by atoms with Crippen molar-refractivity contribution in [3.8, 4) is 0 Å². The number of hydrogen-bond acceptors (Lipinski definition) is 5. The second kappa shape index (κ2) is 6.53. The zero-order valence-corrected chi connectivity index (χ0v) is 10.7. The second-order valence-electron chi connectivity index (χ2n) is 4.02. The maximum absolute atomic E-state index is 11.7. The summed E-state index contributed by atoms with van der Waals surface area (Å²) in [5, 5.41) is 13.7. The molecule has 0 unspecified atom stereocenters. The maximum Gasteiger partial charge on any atom is 0.292 e. The first kappa shape index (κ1) is 13.1. The average Bonchev–Trinajstić information content (AvgIpc) is 2.95. The number of nitrogens with one attached hydrogen (secondary N) is 2. The standard InChI is InChI=1S/C13H16N4O2/c1-2-3-8-14-11-6-7-12(17-16-11)15-13(18)10-5-4-9-19-10/h4-7,9H,2-3,8H2,1H3,(H,14,16)(H,15,17,18). The van der Waals surface area contributed by atoms with Gasteiger partial charge in [0.25, 0.3) is 5.91 Å². The Morgan fingerprint density at radius 1 is 1.26 bits per heavy atom. The summed E-state index contributed by atoms with van der Waals surface area (Å²) in [7, 11) is 0. The molecule has 0 bridgehead atoms. The van der Waals surface area contributed by atoms with Gasteiger partial charge in [-0.3, -0.25) is 4.79 Å². The average molecular weight is 260 g/mol. The predicted octanol–water partition coefficient (Wildman–Crippen LogP) is 2.53. The van der Waals surface area contributed by atoms with Crippen LogP contribution < -0.4 is 10.6 Å². The summed E-state index contributed by atoms with van der Waals surface area (Å²) < 4.78 is 4.98. The van der Waals surface area contributed by atoms with E-state index in [-0.39, 0.29) is 11.7 Å². The van der Waals surface area contributed by atoms with E-state index in [4.69, 9.17) is 4.42 Å². The van der Waals surface area contributed by atoms with E-state index in [1.807, 2.05) is 0 Å². The van der Waals surface area contributed by atoms with Gasteiger partial charge in [-0.25, -0.2) is 0 Å². The molecule has 1 amide bonds. The molecule has 2 heterocycles. The number of aromatic nitrogens is 2. The van der Waals surface area contributed by atoms with Crippen molar-refractivity contribution in [2.75, 3.05) is 17.2 Å². The van der Waals surface area contributed by atoms with Crippen LogP contribution in [0.4, 0.5) is 11.6 Å². The number of anilines is 2. The van der Waals surface area contributed by atoms with E-state index in [0.717, 1.165) is 19.4 Å². The summed E-state index contributed by atoms with van der Waals surface area (Å²) in [5.74, 6) is 0.991. The molecule has 6 nitrogen and oxygen atoms in total. The third-order valence-electron chi connectivity index (χ3n) is 2.49. The zero-order valence-electron chi connectivity index (χ0n) is 10.7. The summed E-state index contributed by atoms with van der Waals surface area (Å²) in [6, 6.07) is 6.72. The van der Waals surface area contributed by atoms with E-state index in [0.29, 0.717) is 11.6 Å². The highest BCUT2D eigenvalue weighted by Crippen LogP contribution is 2.08. The van der Waals surface area contributed by atoms with Crippen LogP contribution in [0.25, 0.3) is 0 Å². The van der Waals surface area contributed by atoms with Crippen molar-refractivity contribution in [2.45, 2.75) is 19.8 Å². The Bertz CT molecular complexity index is 508. The first-order valence-corrected chi connectivity index (χ1v) is 6.22. The van der Waals surface area contributed by atoms with Gasteiger partial charge in [-0.05, 0) is 30.7 Å². The van der Waals surface area contributed by atoms with Crippen molar-refractivity contribution in [1.29, 1.82) is 0 Å². The third-order valence-corrected chi connectivity index (χ3v) is 2.49. The van der Waals surface area contributed by atoms with Crippen LogP contribution in [0.1, 0.15) is 30.3 Å². The van der Waals surface area contributed by atoms with Crippen LogP contribution >= 0.6 is 0 Å². The first-order chi connectivity index (χ1) is 9.29. The smallest absolute Gasteiger partial charge is 0.292 e. The molecule has 0 saturated carbocycles. The molecule has 0 aromatic carbocycles. The van der Waals surface area contributed by atoms with Gasteiger partial charge >= 0.3 is 0 Å². The minimum atomic E-state index is -0.342. The molecule has 0 saturated heterocycles. The molecule has 6 heteroatoms. The number of carbonyl (C=O) groups excluding carboxylic acids is 1. The van der Waals surface area contributed by atoms with Crippen molar-refractivity contribution in [2.24, 2.45) is 0 Å². The van der Waals surface area contributed by atoms with Crippen LogP contribution in [0.2, 0.25) is 0 Å². The molecular weight excluding hydrogens is 244 g/mol. The predicted molar refractivity (Wildman–Crippen MR) is 72.1 cm³/mol. The summed E-state index contributed by atoms with van der Waals surface area (Å²) in [6.07, 6.45) is 3.65. The Morgan fingerprint density at radius 2 is 2.05 bits per heavy atom. The van der Waals surface area contributed by atoms with Gasteiger partial charge < -0.3 is 15.1 Å². The lowest BCUT2D eigenvalue weighted by molar-refractivity contribution is 0.0996. The van der Waals surface area contributed by atoms with Crippen LogP contribution in [0.3, 0.4) is 0 Å². The molecule has 19 heavy (non-hydrogen) atoms. The molecule has 0 aliphatic rings. The highest BCUT2D eigenvalue weighted by atomic mass is 16.3. The molecule has 0 aliphatic heterocycles. The van der Waals surface area contributed by atoms with Crippen LogP contribution in [0, 0.1) is 0 Å². The normalized spacial score (nSPS) is 10.2. The summed E-state index contributed by atoms with van der Waals surface area (Å²) in [5.41, 5.74) is 0. The van der Waals surface area contributed by atoms with Gasteiger partial charge in [0, 0.05) is 6.54 Å². The molecule has 2 N–H and O–H groups in total. The van der Waals surface area contributed by atoms with E-state index in [9.17, 15) is 4.79 Å². The van der Waals surface area contributed by atoms with Gasteiger partial charge in [-0.15, -0.1) is 10.2 Å². The highest BCUT2D eigenvalue weighted by Gasteiger charge is 2.09. The lowest BCUT2D eigenvalue weighted by atomic mass is 10.3. The molecule has 2 rings (SSSR count). The fraction of sp³-hybridized carbons (Fsp3) is 0.308. The van der Waals surface area contributed by atoms with Gasteiger partial charge in [0.1, 0.15) is 5.82 Å². The molecule has 0 radical (unpaired) electrons. The molecular formula is C13H16N4O2. The SMILES string of the molecule is CCCCNc1ccc(NC(=O)c2ccco2)nn1. The summed E-state index contributed by atoms with van der Waals surface area (Å²) in [6.45, 7) is 2.99. The van der Waals surface area contributed by atoms with E-state index < -0.39 is 0 Å². The Labute approximate surface area is 111 Å². The van der Waals surface area contributed by atoms with Crippen molar-refractivity contribution >= 4 is 17.5 Å². The van der Waals surface area contributed by atoms with Crippen molar-refractivity contribution in [3.63, 3.8) is 0 Å². The minimum absolute atomic E-state index is 0.243. The van der Waals surface area contributed by atoms with Crippen molar-refractivity contribution in [1.82, 2.24) is 10.2 Å². The molecule has 0 spiro atoms. The van der Waals surface area contributed by atoms with Gasteiger partial charge in [-0.2, -0.15) is 0 Å². The Kier molecular flexibility index (Phi) is 4.49. The number of hydrogen-bond donors (Lipinski definition) is 2. The van der Waals surface area contributed by atoms with Crippen LogP contribution in [-0.4, -0.2) is 22.6 Å². The lowest BCUT2D eigenvalue weighted by Gasteiger charge is -2.05. The monoisotopic (exact) mass is 260 g/mol. The van der Waals surface area contributed by atoms with E-state index in [1.165, 1.54) is 6.26 Å². The number of rotatable bonds is 6. The van der Waals surface area contributed by atoms with Crippen molar-refractivity contribution in [3.05, 3.63) is 36.3 Å². The first-order valence-electron chi connectivity index (χ1n) is 6.22. The highest BCUT2D eigenvalue weighted by molar-refractivity contribution is 6.01. The van der Waals surface area contributed by atoms with Crippen LogP contribution in [-0.2, 0) is 0 Å². The zero-order chi connectivity index (χ0) is 13.5. The Balaban J connectivity index is 1.90. The molecule has 2 aromatic rings. The Hall–Kier alpha value is -2.37. The number of carbonyl (C=O) groups is 1. The third kappa shape index (κ3) is 3.80. The van der Waals surface area contributed by atoms with Gasteiger partial charge in [0.2, 0.25) is 0 Å². The maximum atomic E-state index is 11.7.